The predicted octanol–water partition coefficient (Wildman–Crippen LogP) is 4.02. The van der Waals surface area contributed by atoms with Crippen LogP contribution in [0.5, 0.6) is 0 Å². The van der Waals surface area contributed by atoms with Crippen LogP contribution in [0, 0.1) is 0 Å². The Morgan fingerprint density at radius 3 is 2.74 bits per heavy atom. The molecule has 0 saturated carbocycles. The van der Waals surface area contributed by atoms with Crippen molar-refractivity contribution in [2.24, 2.45) is 0 Å². The van der Waals surface area contributed by atoms with E-state index in [1.165, 1.54) is 5.56 Å². The molecule has 4 nitrogen and oxygen atoms in total. The summed E-state index contributed by atoms with van der Waals surface area (Å²) in [4.78, 5) is 16.3. The molecule has 1 N–H and O–H groups in total. The number of carbonyl (C=O) groups is 1. The van der Waals surface area contributed by atoms with Crippen LogP contribution >= 0.6 is 0 Å². The molecule has 0 aliphatic rings. The normalized spacial score (nSPS) is 10.5. The van der Waals surface area contributed by atoms with Gasteiger partial charge in [0.05, 0.1) is 12.2 Å². The number of anilines is 1. The molecule has 0 spiro atoms. The molecule has 0 fully saturated rings. The number of esters is 1. The Hall–Kier alpha value is -2.88. The van der Waals surface area contributed by atoms with E-state index in [0.29, 0.717) is 18.7 Å². The van der Waals surface area contributed by atoms with Crippen molar-refractivity contribution >= 4 is 22.6 Å². The Labute approximate surface area is 135 Å². The average Bonchev–Trinajstić information content (AvgIpc) is 2.60. The molecule has 0 unspecified atom stereocenters. The van der Waals surface area contributed by atoms with Crippen LogP contribution in [-0.4, -0.2) is 17.6 Å². The van der Waals surface area contributed by atoms with Crippen molar-refractivity contribution in [3.8, 4) is 0 Å². The molecular formula is C19H18N2O2. The van der Waals surface area contributed by atoms with E-state index >= 15 is 0 Å². The zero-order valence-corrected chi connectivity index (χ0v) is 13.0. The molecule has 0 bridgehead atoms. The van der Waals surface area contributed by atoms with Gasteiger partial charge in [-0.2, -0.15) is 0 Å². The Bertz CT molecular complexity index is 816. The monoisotopic (exact) mass is 306 g/mol. The maximum atomic E-state index is 11.9. The molecule has 23 heavy (non-hydrogen) atoms. The maximum Gasteiger partial charge on any atom is 0.338 e. The fraction of sp³-hybridized carbons (Fsp3) is 0.158. The Morgan fingerprint density at radius 1 is 1.13 bits per heavy atom. The van der Waals surface area contributed by atoms with Crippen molar-refractivity contribution in [3.05, 3.63) is 71.9 Å². The van der Waals surface area contributed by atoms with Crippen molar-refractivity contribution in [3.63, 3.8) is 0 Å². The Kier molecular flexibility index (Phi) is 4.52. The SMILES string of the molecule is CCOC(=O)c1ccc2ccnc(NCc3ccccc3)c2c1. The molecule has 1 aromatic heterocycles. The molecule has 0 atom stereocenters. The maximum absolute atomic E-state index is 11.9. The molecule has 0 saturated heterocycles. The lowest BCUT2D eigenvalue weighted by atomic mass is 10.1. The highest BCUT2D eigenvalue weighted by atomic mass is 16.5. The zero-order chi connectivity index (χ0) is 16.1. The third kappa shape index (κ3) is 3.48. The third-order valence-corrected chi connectivity index (χ3v) is 3.58. The van der Waals surface area contributed by atoms with Gasteiger partial charge in [0.25, 0.3) is 0 Å². The van der Waals surface area contributed by atoms with Crippen LogP contribution in [-0.2, 0) is 11.3 Å². The van der Waals surface area contributed by atoms with Crippen LogP contribution in [0.15, 0.2) is 60.8 Å². The van der Waals surface area contributed by atoms with Crippen molar-refractivity contribution < 1.29 is 9.53 Å². The fourth-order valence-corrected chi connectivity index (χ4v) is 2.43. The van der Waals surface area contributed by atoms with E-state index in [2.05, 4.69) is 22.4 Å². The first-order chi connectivity index (χ1) is 11.3. The van der Waals surface area contributed by atoms with Gasteiger partial charge in [0, 0.05) is 18.1 Å². The van der Waals surface area contributed by atoms with Crippen LogP contribution in [0.1, 0.15) is 22.8 Å². The standard InChI is InChI=1S/C19H18N2O2/c1-2-23-19(22)16-9-8-15-10-11-20-18(17(15)12-16)21-13-14-6-4-3-5-7-14/h3-12H,2,13H2,1H3,(H,20,21). The highest BCUT2D eigenvalue weighted by Crippen LogP contribution is 2.23. The summed E-state index contributed by atoms with van der Waals surface area (Å²) in [6, 6.07) is 17.6. The van der Waals surface area contributed by atoms with E-state index < -0.39 is 0 Å². The highest BCUT2D eigenvalue weighted by molar-refractivity contribution is 5.99. The molecule has 2 aromatic carbocycles. The summed E-state index contributed by atoms with van der Waals surface area (Å²) in [6.45, 7) is 2.84. The van der Waals surface area contributed by atoms with E-state index in [1.54, 1.807) is 19.2 Å². The third-order valence-electron chi connectivity index (χ3n) is 3.58. The second-order valence-corrected chi connectivity index (χ2v) is 5.16. The van der Waals surface area contributed by atoms with Crippen molar-refractivity contribution in [1.82, 2.24) is 4.98 Å². The van der Waals surface area contributed by atoms with Gasteiger partial charge in [0.1, 0.15) is 5.82 Å². The lowest BCUT2D eigenvalue weighted by Crippen LogP contribution is -2.05. The second-order valence-electron chi connectivity index (χ2n) is 5.16. The van der Waals surface area contributed by atoms with Crippen LogP contribution in [0.4, 0.5) is 5.82 Å². The van der Waals surface area contributed by atoms with Gasteiger partial charge in [-0.3, -0.25) is 0 Å². The van der Waals surface area contributed by atoms with Gasteiger partial charge >= 0.3 is 5.97 Å². The molecule has 0 amide bonds. The molecule has 0 aliphatic carbocycles. The summed E-state index contributed by atoms with van der Waals surface area (Å²) in [6.07, 6.45) is 1.76. The van der Waals surface area contributed by atoms with E-state index in [1.807, 2.05) is 36.4 Å². The summed E-state index contributed by atoms with van der Waals surface area (Å²) in [5.74, 6) is 0.449. The molecule has 3 rings (SSSR count). The number of benzene rings is 2. The van der Waals surface area contributed by atoms with E-state index in [0.717, 1.165) is 16.6 Å². The zero-order valence-electron chi connectivity index (χ0n) is 13.0. The minimum absolute atomic E-state index is 0.313. The molecular weight excluding hydrogens is 288 g/mol. The van der Waals surface area contributed by atoms with Gasteiger partial charge < -0.3 is 10.1 Å². The molecule has 116 valence electrons. The number of nitrogens with zero attached hydrogens (tertiary/aromatic N) is 1. The van der Waals surface area contributed by atoms with Gasteiger partial charge in [0.2, 0.25) is 0 Å². The van der Waals surface area contributed by atoms with Crippen molar-refractivity contribution in [2.45, 2.75) is 13.5 Å². The summed E-state index contributed by atoms with van der Waals surface area (Å²) in [5.41, 5.74) is 1.71. The highest BCUT2D eigenvalue weighted by Gasteiger charge is 2.09. The number of ether oxygens (including phenoxy) is 1. The van der Waals surface area contributed by atoms with E-state index in [4.69, 9.17) is 4.74 Å². The molecule has 4 heteroatoms. The molecule has 1 heterocycles. The second kappa shape index (κ2) is 6.92. The Balaban J connectivity index is 1.90. The summed E-state index contributed by atoms with van der Waals surface area (Å²) in [5, 5.41) is 5.28. The fourth-order valence-electron chi connectivity index (χ4n) is 2.43. The first-order valence-corrected chi connectivity index (χ1v) is 7.61. The number of hydrogen-bond donors (Lipinski definition) is 1. The van der Waals surface area contributed by atoms with Crippen LogP contribution in [0.2, 0.25) is 0 Å². The first kappa shape index (κ1) is 15.0. The lowest BCUT2D eigenvalue weighted by Gasteiger charge is -2.10. The number of pyridine rings is 1. The van der Waals surface area contributed by atoms with Gasteiger partial charge in [-0.15, -0.1) is 0 Å². The molecule has 0 aliphatic heterocycles. The minimum Gasteiger partial charge on any atom is -0.462 e. The van der Waals surface area contributed by atoms with E-state index in [-0.39, 0.29) is 5.97 Å². The average molecular weight is 306 g/mol. The van der Waals surface area contributed by atoms with Gasteiger partial charge in [-0.25, -0.2) is 9.78 Å². The van der Waals surface area contributed by atoms with Crippen LogP contribution in [0.3, 0.4) is 0 Å². The van der Waals surface area contributed by atoms with Crippen molar-refractivity contribution in [1.29, 1.82) is 0 Å². The first-order valence-electron chi connectivity index (χ1n) is 7.61. The van der Waals surface area contributed by atoms with Crippen LogP contribution < -0.4 is 5.32 Å². The van der Waals surface area contributed by atoms with Gasteiger partial charge in [0.15, 0.2) is 0 Å². The number of carbonyl (C=O) groups excluding carboxylic acids is 1. The number of fused-ring (bicyclic) bond motifs is 1. The summed E-state index contributed by atoms with van der Waals surface area (Å²) in [7, 11) is 0. The number of aromatic nitrogens is 1. The van der Waals surface area contributed by atoms with Gasteiger partial charge in [-0.05, 0) is 36.1 Å². The largest absolute Gasteiger partial charge is 0.462 e. The smallest absolute Gasteiger partial charge is 0.338 e. The number of hydrogen-bond acceptors (Lipinski definition) is 4. The number of nitrogens with one attached hydrogen (secondary N) is 1. The van der Waals surface area contributed by atoms with E-state index in [9.17, 15) is 4.79 Å². The predicted molar refractivity (Wildman–Crippen MR) is 91.5 cm³/mol. The topological polar surface area (TPSA) is 51.2 Å². The number of rotatable bonds is 5. The van der Waals surface area contributed by atoms with Crippen molar-refractivity contribution in [2.75, 3.05) is 11.9 Å². The summed E-state index contributed by atoms with van der Waals surface area (Å²) < 4.78 is 5.07. The van der Waals surface area contributed by atoms with Gasteiger partial charge in [-0.1, -0.05) is 36.4 Å². The molecule has 3 aromatic rings. The minimum atomic E-state index is -0.313. The lowest BCUT2D eigenvalue weighted by molar-refractivity contribution is 0.0526. The quantitative estimate of drug-likeness (QED) is 0.723. The Morgan fingerprint density at radius 2 is 1.96 bits per heavy atom. The molecule has 0 radical (unpaired) electrons. The van der Waals surface area contributed by atoms with Crippen LogP contribution in [0.25, 0.3) is 10.8 Å². The summed E-state index contributed by atoms with van der Waals surface area (Å²) >= 11 is 0.